The molecule has 0 unspecified atom stereocenters. The summed E-state index contributed by atoms with van der Waals surface area (Å²) in [6.45, 7) is 2.27. The number of fused-ring (bicyclic) bond motifs is 2. The summed E-state index contributed by atoms with van der Waals surface area (Å²) in [5.74, 6) is 0.805. The summed E-state index contributed by atoms with van der Waals surface area (Å²) in [7, 11) is 1.70. The first-order valence-electron chi connectivity index (χ1n) is 13.4. The number of hydrogen-bond acceptors (Lipinski definition) is 4. The molecular formula is C32H35NO3. The van der Waals surface area contributed by atoms with E-state index in [1.807, 2.05) is 6.07 Å². The van der Waals surface area contributed by atoms with Gasteiger partial charge in [0.25, 0.3) is 0 Å². The highest BCUT2D eigenvalue weighted by atomic mass is 16.3. The first-order valence-corrected chi connectivity index (χ1v) is 13.4. The van der Waals surface area contributed by atoms with Gasteiger partial charge in [0.1, 0.15) is 5.75 Å². The maximum absolute atomic E-state index is 13.4. The molecule has 0 spiro atoms. The molecule has 186 valence electrons. The van der Waals surface area contributed by atoms with Crippen LogP contribution in [0.2, 0.25) is 0 Å². The van der Waals surface area contributed by atoms with Crippen LogP contribution in [0.3, 0.4) is 0 Å². The Balaban J connectivity index is 1.35. The number of unbranched alkanes of at least 4 members (excludes halogenated alkanes) is 2. The molecular weight excluding hydrogens is 446 g/mol. The fraction of sp³-hybridized carbons (Fsp3) is 0.375. The van der Waals surface area contributed by atoms with Gasteiger partial charge in [-0.15, -0.1) is 0 Å². The predicted octanol–water partition coefficient (Wildman–Crippen LogP) is 7.73. The van der Waals surface area contributed by atoms with Gasteiger partial charge >= 0.3 is 0 Å². The van der Waals surface area contributed by atoms with Gasteiger partial charge in [-0.25, -0.2) is 0 Å². The Morgan fingerprint density at radius 3 is 2.19 bits per heavy atom. The highest BCUT2D eigenvalue weighted by Gasteiger charge is 2.34. The van der Waals surface area contributed by atoms with E-state index in [4.69, 9.17) is 0 Å². The van der Waals surface area contributed by atoms with Crippen LogP contribution >= 0.6 is 0 Å². The Kier molecular flexibility index (Phi) is 6.95. The summed E-state index contributed by atoms with van der Waals surface area (Å²) in [6, 6.07) is 17.2. The number of phenolic OH excluding ortho intramolecular Hbond substituents is 1. The summed E-state index contributed by atoms with van der Waals surface area (Å²) >= 11 is 0. The molecule has 0 heterocycles. The number of carbonyl (C=O) groups is 2. The van der Waals surface area contributed by atoms with Gasteiger partial charge in [-0.05, 0) is 78.5 Å². The summed E-state index contributed by atoms with van der Waals surface area (Å²) in [5.41, 5.74) is 4.91. The van der Waals surface area contributed by atoms with Gasteiger partial charge in [-0.3, -0.25) is 9.59 Å². The van der Waals surface area contributed by atoms with Crippen LogP contribution in [0.25, 0.3) is 11.1 Å². The molecule has 2 N–H and O–H groups in total. The molecule has 2 aliphatic rings. The molecule has 0 atom stereocenters. The van der Waals surface area contributed by atoms with E-state index in [2.05, 4.69) is 36.5 Å². The molecule has 0 aromatic heterocycles. The van der Waals surface area contributed by atoms with Gasteiger partial charge in [0.05, 0.1) is 11.1 Å². The number of ketones is 2. The lowest BCUT2D eigenvalue weighted by atomic mass is 9.77. The predicted molar refractivity (Wildman–Crippen MR) is 145 cm³/mol. The monoisotopic (exact) mass is 481 g/mol. The molecule has 2 aliphatic carbocycles. The standard InChI is InChI=1S/C32H35NO3/c1-3-4-5-6-20-7-9-21(10-8-20)22-11-13-23(14-12-22)24-15-16-25-26(19-24)32(36)30-28(34)18-17-27(33-2)29(30)31(25)35/h11-21,33-34H,3-10H2,1-2H3. The normalized spacial score (nSPS) is 19.1. The second-order valence-electron chi connectivity index (χ2n) is 10.4. The summed E-state index contributed by atoms with van der Waals surface area (Å²) < 4.78 is 0. The molecule has 36 heavy (non-hydrogen) atoms. The van der Waals surface area contributed by atoms with Crippen molar-refractivity contribution in [3.8, 4) is 16.9 Å². The zero-order chi connectivity index (χ0) is 25.2. The molecule has 4 heteroatoms. The molecule has 0 bridgehead atoms. The van der Waals surface area contributed by atoms with E-state index in [0.29, 0.717) is 22.7 Å². The highest BCUT2D eigenvalue weighted by Crippen LogP contribution is 2.40. The fourth-order valence-electron chi connectivity index (χ4n) is 6.06. The minimum Gasteiger partial charge on any atom is -0.507 e. The van der Waals surface area contributed by atoms with Crippen LogP contribution < -0.4 is 5.32 Å². The Hall–Kier alpha value is -3.40. The molecule has 0 amide bonds. The number of phenols is 1. The lowest BCUT2D eigenvalue weighted by molar-refractivity contribution is 0.0977. The molecule has 3 aromatic rings. The Morgan fingerprint density at radius 2 is 1.50 bits per heavy atom. The van der Waals surface area contributed by atoms with E-state index in [0.717, 1.165) is 17.0 Å². The van der Waals surface area contributed by atoms with Crippen LogP contribution in [0, 0.1) is 5.92 Å². The number of hydrogen-bond donors (Lipinski definition) is 2. The zero-order valence-corrected chi connectivity index (χ0v) is 21.3. The Bertz CT molecular complexity index is 1280. The number of benzene rings is 3. The highest BCUT2D eigenvalue weighted by molar-refractivity contribution is 6.31. The molecule has 1 fully saturated rings. The van der Waals surface area contributed by atoms with Crippen molar-refractivity contribution in [3.63, 3.8) is 0 Å². The lowest BCUT2D eigenvalue weighted by Gasteiger charge is -2.29. The molecule has 0 radical (unpaired) electrons. The molecule has 0 saturated heterocycles. The van der Waals surface area contributed by atoms with E-state index in [1.54, 1.807) is 25.2 Å². The van der Waals surface area contributed by atoms with Crippen molar-refractivity contribution in [1.29, 1.82) is 0 Å². The van der Waals surface area contributed by atoms with E-state index in [1.165, 1.54) is 63.0 Å². The van der Waals surface area contributed by atoms with Crippen molar-refractivity contribution < 1.29 is 14.7 Å². The van der Waals surface area contributed by atoms with Crippen molar-refractivity contribution in [3.05, 3.63) is 82.4 Å². The van der Waals surface area contributed by atoms with Crippen LogP contribution in [0.5, 0.6) is 5.75 Å². The van der Waals surface area contributed by atoms with Crippen molar-refractivity contribution in [2.75, 3.05) is 12.4 Å². The van der Waals surface area contributed by atoms with Crippen LogP contribution in [-0.4, -0.2) is 23.7 Å². The number of aromatic hydroxyl groups is 1. The average molecular weight is 482 g/mol. The smallest absolute Gasteiger partial charge is 0.198 e. The zero-order valence-electron chi connectivity index (χ0n) is 21.3. The van der Waals surface area contributed by atoms with Gasteiger partial charge in [-0.1, -0.05) is 62.9 Å². The van der Waals surface area contributed by atoms with E-state index < -0.39 is 0 Å². The number of rotatable bonds is 7. The van der Waals surface area contributed by atoms with Crippen LogP contribution in [0.15, 0.2) is 54.6 Å². The third kappa shape index (κ3) is 4.45. The fourth-order valence-corrected chi connectivity index (χ4v) is 6.06. The summed E-state index contributed by atoms with van der Waals surface area (Å²) in [5, 5.41) is 13.4. The van der Waals surface area contributed by atoms with Crippen molar-refractivity contribution >= 4 is 17.3 Å². The van der Waals surface area contributed by atoms with Crippen molar-refractivity contribution in [1.82, 2.24) is 0 Å². The molecule has 5 rings (SSSR count). The van der Waals surface area contributed by atoms with E-state index in [-0.39, 0.29) is 28.4 Å². The number of carbonyl (C=O) groups excluding carboxylic acids is 2. The largest absolute Gasteiger partial charge is 0.507 e. The minimum absolute atomic E-state index is 0.0807. The second kappa shape index (κ2) is 10.3. The van der Waals surface area contributed by atoms with Crippen LogP contribution in [-0.2, 0) is 0 Å². The maximum atomic E-state index is 13.4. The quantitative estimate of drug-likeness (QED) is 0.209. The van der Waals surface area contributed by atoms with Gasteiger partial charge in [-0.2, -0.15) is 0 Å². The van der Waals surface area contributed by atoms with E-state index in [9.17, 15) is 14.7 Å². The average Bonchev–Trinajstić information content (AvgIpc) is 2.92. The number of anilines is 1. The molecule has 0 aliphatic heterocycles. The lowest BCUT2D eigenvalue weighted by Crippen LogP contribution is -2.22. The first-order chi connectivity index (χ1) is 17.5. The maximum Gasteiger partial charge on any atom is 0.198 e. The first kappa shape index (κ1) is 24.3. The Morgan fingerprint density at radius 1 is 0.806 bits per heavy atom. The third-order valence-corrected chi connectivity index (χ3v) is 8.19. The third-order valence-electron chi connectivity index (χ3n) is 8.19. The summed E-state index contributed by atoms with van der Waals surface area (Å²) in [4.78, 5) is 26.6. The number of nitrogens with one attached hydrogen (secondary N) is 1. The van der Waals surface area contributed by atoms with Crippen molar-refractivity contribution in [2.24, 2.45) is 5.92 Å². The molecule has 3 aromatic carbocycles. The van der Waals surface area contributed by atoms with Gasteiger partial charge in [0, 0.05) is 23.9 Å². The van der Waals surface area contributed by atoms with Crippen molar-refractivity contribution in [2.45, 2.75) is 64.2 Å². The van der Waals surface area contributed by atoms with Crippen LogP contribution in [0.1, 0.15) is 102 Å². The van der Waals surface area contributed by atoms with Gasteiger partial charge in [0.15, 0.2) is 11.6 Å². The summed E-state index contributed by atoms with van der Waals surface area (Å²) in [6.07, 6.45) is 10.6. The Labute approximate surface area is 213 Å². The molecule has 4 nitrogen and oxygen atoms in total. The van der Waals surface area contributed by atoms with Gasteiger partial charge < -0.3 is 10.4 Å². The SMILES string of the molecule is CCCCCC1CCC(c2ccc(-c3ccc4c(c3)C(=O)c3c(O)ccc(NC)c3C4=O)cc2)CC1. The van der Waals surface area contributed by atoms with Crippen LogP contribution in [0.4, 0.5) is 5.69 Å². The molecule has 1 saturated carbocycles. The van der Waals surface area contributed by atoms with Gasteiger partial charge in [0.2, 0.25) is 0 Å². The minimum atomic E-state index is -0.316. The second-order valence-corrected chi connectivity index (χ2v) is 10.4. The topological polar surface area (TPSA) is 66.4 Å². The van der Waals surface area contributed by atoms with E-state index >= 15 is 0 Å².